The highest BCUT2D eigenvalue weighted by molar-refractivity contribution is 8.00. The lowest BCUT2D eigenvalue weighted by Gasteiger charge is -2.13. The van der Waals surface area contributed by atoms with E-state index >= 15 is 0 Å². The van der Waals surface area contributed by atoms with Crippen molar-refractivity contribution in [3.8, 4) is 0 Å². The first-order valence-corrected chi connectivity index (χ1v) is 8.70. The van der Waals surface area contributed by atoms with Gasteiger partial charge in [-0.3, -0.25) is 0 Å². The van der Waals surface area contributed by atoms with Crippen LogP contribution in [-0.4, -0.2) is 4.98 Å². The zero-order valence-electron chi connectivity index (χ0n) is 12.3. The second-order valence-corrected chi connectivity index (χ2v) is 6.99. The standard InChI is InChI=1S/C18H12F3NS2/c19-18(20,21)15-11-12-16(23-13-7-3-1-4-8-13)22-17(15)24-14-9-5-2-6-10-14/h1-12H. The number of nitrogens with zero attached hydrogens (tertiary/aromatic N) is 1. The Bertz CT molecular complexity index is 805. The average molecular weight is 363 g/mol. The van der Waals surface area contributed by atoms with Gasteiger partial charge < -0.3 is 0 Å². The number of rotatable bonds is 4. The molecule has 0 N–H and O–H groups in total. The van der Waals surface area contributed by atoms with Crippen molar-refractivity contribution in [2.75, 3.05) is 0 Å². The first-order valence-electron chi connectivity index (χ1n) is 7.06. The zero-order valence-corrected chi connectivity index (χ0v) is 14.0. The van der Waals surface area contributed by atoms with E-state index in [0.717, 1.165) is 27.6 Å². The molecule has 0 radical (unpaired) electrons. The second kappa shape index (κ2) is 7.32. The van der Waals surface area contributed by atoms with Gasteiger partial charge in [-0.1, -0.05) is 59.9 Å². The number of benzene rings is 2. The molecule has 0 fully saturated rings. The van der Waals surface area contributed by atoms with Crippen molar-refractivity contribution in [1.82, 2.24) is 4.98 Å². The van der Waals surface area contributed by atoms with Crippen LogP contribution in [0.3, 0.4) is 0 Å². The summed E-state index contributed by atoms with van der Waals surface area (Å²) in [6.45, 7) is 0. The molecular formula is C18H12F3NS2. The monoisotopic (exact) mass is 363 g/mol. The SMILES string of the molecule is FC(F)(F)c1ccc(Sc2ccccc2)nc1Sc1ccccc1. The second-order valence-electron chi connectivity index (χ2n) is 4.83. The molecule has 1 nitrogen and oxygen atoms in total. The number of hydrogen-bond acceptors (Lipinski definition) is 3. The molecule has 0 atom stereocenters. The Kier molecular flexibility index (Phi) is 5.16. The third kappa shape index (κ3) is 4.33. The Morgan fingerprint density at radius 1 is 0.667 bits per heavy atom. The molecule has 3 aromatic rings. The Balaban J connectivity index is 1.94. The summed E-state index contributed by atoms with van der Waals surface area (Å²) < 4.78 is 39.7. The van der Waals surface area contributed by atoms with Gasteiger partial charge in [0, 0.05) is 9.79 Å². The Morgan fingerprint density at radius 3 is 1.75 bits per heavy atom. The zero-order chi connectivity index (χ0) is 17.0. The van der Waals surface area contributed by atoms with Crippen LogP contribution in [-0.2, 0) is 6.18 Å². The summed E-state index contributed by atoms with van der Waals surface area (Å²) in [5.41, 5.74) is -0.714. The lowest BCUT2D eigenvalue weighted by molar-refractivity contribution is -0.140. The van der Waals surface area contributed by atoms with Crippen molar-refractivity contribution in [1.29, 1.82) is 0 Å². The summed E-state index contributed by atoms with van der Waals surface area (Å²) in [4.78, 5) is 5.89. The van der Waals surface area contributed by atoms with E-state index in [4.69, 9.17) is 0 Å². The summed E-state index contributed by atoms with van der Waals surface area (Å²) in [6.07, 6.45) is -4.43. The highest BCUT2D eigenvalue weighted by Crippen LogP contribution is 2.40. The van der Waals surface area contributed by atoms with Gasteiger partial charge in [0.1, 0.15) is 10.1 Å². The van der Waals surface area contributed by atoms with Gasteiger partial charge in [0.25, 0.3) is 0 Å². The van der Waals surface area contributed by atoms with Gasteiger partial charge in [0.05, 0.1) is 5.56 Å². The fourth-order valence-electron chi connectivity index (χ4n) is 1.98. The molecule has 2 aromatic carbocycles. The maximum absolute atomic E-state index is 13.2. The maximum Gasteiger partial charge on any atom is 0.419 e. The van der Waals surface area contributed by atoms with Crippen molar-refractivity contribution in [2.24, 2.45) is 0 Å². The minimum atomic E-state index is -4.43. The highest BCUT2D eigenvalue weighted by atomic mass is 32.2. The van der Waals surface area contributed by atoms with Crippen molar-refractivity contribution in [3.63, 3.8) is 0 Å². The molecule has 0 aliphatic rings. The molecule has 0 bridgehead atoms. The summed E-state index contributed by atoms with van der Waals surface area (Å²) in [7, 11) is 0. The summed E-state index contributed by atoms with van der Waals surface area (Å²) >= 11 is 2.36. The van der Waals surface area contributed by atoms with Gasteiger partial charge in [-0.05, 0) is 36.4 Å². The molecule has 0 saturated heterocycles. The van der Waals surface area contributed by atoms with E-state index in [1.54, 1.807) is 24.3 Å². The van der Waals surface area contributed by atoms with E-state index < -0.39 is 11.7 Å². The molecule has 1 heterocycles. The Hall–Kier alpha value is -1.92. The van der Waals surface area contributed by atoms with Gasteiger partial charge in [-0.2, -0.15) is 13.2 Å². The van der Waals surface area contributed by atoms with Crippen LogP contribution in [0, 0.1) is 0 Å². The molecule has 6 heteroatoms. The van der Waals surface area contributed by atoms with E-state index in [1.807, 2.05) is 36.4 Å². The van der Waals surface area contributed by atoms with Crippen molar-refractivity contribution in [3.05, 3.63) is 78.4 Å². The summed E-state index contributed by atoms with van der Waals surface area (Å²) in [5.74, 6) is 0. The highest BCUT2D eigenvalue weighted by Gasteiger charge is 2.34. The first-order chi connectivity index (χ1) is 11.5. The number of halogens is 3. The third-order valence-electron chi connectivity index (χ3n) is 3.06. The first kappa shape index (κ1) is 16.9. The molecule has 0 amide bonds. The van der Waals surface area contributed by atoms with E-state index in [0.29, 0.717) is 5.03 Å². The van der Waals surface area contributed by atoms with E-state index in [2.05, 4.69) is 4.98 Å². The fourth-order valence-corrected chi connectivity index (χ4v) is 3.80. The van der Waals surface area contributed by atoms with Crippen LogP contribution in [0.25, 0.3) is 0 Å². The predicted molar refractivity (Wildman–Crippen MR) is 90.4 cm³/mol. The number of pyridine rings is 1. The lowest BCUT2D eigenvalue weighted by Crippen LogP contribution is -2.08. The predicted octanol–water partition coefficient (Wildman–Crippen LogP) is 6.40. The largest absolute Gasteiger partial charge is 0.419 e. The van der Waals surface area contributed by atoms with Crippen LogP contribution in [0.2, 0.25) is 0 Å². The number of alkyl halides is 3. The Morgan fingerprint density at radius 2 is 1.21 bits per heavy atom. The Labute approximate surface area is 146 Å². The molecule has 3 rings (SSSR count). The quantitative estimate of drug-likeness (QED) is 0.532. The smallest absolute Gasteiger partial charge is 0.234 e. The summed E-state index contributed by atoms with van der Waals surface area (Å²) in [5, 5.41) is 0.502. The van der Waals surface area contributed by atoms with E-state index in [9.17, 15) is 13.2 Å². The van der Waals surface area contributed by atoms with Crippen molar-refractivity contribution in [2.45, 2.75) is 26.0 Å². The summed E-state index contributed by atoms with van der Waals surface area (Å²) in [6, 6.07) is 20.9. The van der Waals surface area contributed by atoms with Gasteiger partial charge in [0.15, 0.2) is 0 Å². The average Bonchev–Trinajstić information content (AvgIpc) is 2.56. The van der Waals surface area contributed by atoms with Crippen molar-refractivity contribution < 1.29 is 13.2 Å². The topological polar surface area (TPSA) is 12.9 Å². The fraction of sp³-hybridized carbons (Fsp3) is 0.0556. The van der Waals surface area contributed by atoms with Gasteiger partial charge in [-0.15, -0.1) is 0 Å². The maximum atomic E-state index is 13.2. The molecular weight excluding hydrogens is 351 g/mol. The molecule has 0 saturated carbocycles. The van der Waals surface area contributed by atoms with E-state index in [-0.39, 0.29) is 5.03 Å². The normalized spacial score (nSPS) is 11.5. The number of aromatic nitrogens is 1. The molecule has 122 valence electrons. The molecule has 0 unspecified atom stereocenters. The van der Waals surface area contributed by atoms with Crippen LogP contribution < -0.4 is 0 Å². The van der Waals surface area contributed by atoms with Crippen LogP contribution in [0.15, 0.2) is 92.6 Å². The van der Waals surface area contributed by atoms with Gasteiger partial charge in [0.2, 0.25) is 0 Å². The van der Waals surface area contributed by atoms with Crippen LogP contribution in [0.1, 0.15) is 5.56 Å². The van der Waals surface area contributed by atoms with Crippen LogP contribution in [0.5, 0.6) is 0 Å². The van der Waals surface area contributed by atoms with Crippen molar-refractivity contribution >= 4 is 23.5 Å². The molecule has 24 heavy (non-hydrogen) atoms. The minimum Gasteiger partial charge on any atom is -0.234 e. The molecule has 0 spiro atoms. The lowest BCUT2D eigenvalue weighted by atomic mass is 10.3. The molecule has 1 aromatic heterocycles. The van der Waals surface area contributed by atoms with Crippen LogP contribution >= 0.6 is 23.5 Å². The van der Waals surface area contributed by atoms with Crippen LogP contribution in [0.4, 0.5) is 13.2 Å². The minimum absolute atomic E-state index is 0.0327. The van der Waals surface area contributed by atoms with Gasteiger partial charge in [-0.25, -0.2) is 4.98 Å². The molecule has 0 aliphatic carbocycles. The number of hydrogen-bond donors (Lipinski definition) is 0. The molecule has 0 aliphatic heterocycles. The van der Waals surface area contributed by atoms with E-state index in [1.165, 1.54) is 17.8 Å². The third-order valence-corrected chi connectivity index (χ3v) is 5.02. The van der Waals surface area contributed by atoms with Gasteiger partial charge >= 0.3 is 6.18 Å².